The van der Waals surface area contributed by atoms with E-state index in [-0.39, 0.29) is 12.5 Å². The largest absolute Gasteiger partial charge is 0.480 e. The van der Waals surface area contributed by atoms with Gasteiger partial charge in [-0.3, -0.25) is 9.59 Å². The Morgan fingerprint density at radius 3 is 2.77 bits per heavy atom. The van der Waals surface area contributed by atoms with Crippen LogP contribution in [0.1, 0.15) is 10.4 Å². The number of aliphatic carboxylic acids is 1. The fourth-order valence-corrected chi connectivity index (χ4v) is 0.896. The van der Waals surface area contributed by atoms with Gasteiger partial charge < -0.3 is 15.0 Å². The summed E-state index contributed by atoms with van der Waals surface area (Å²) in [6, 6.07) is 1.62. The van der Waals surface area contributed by atoms with E-state index in [1.165, 1.54) is 0 Å². The van der Waals surface area contributed by atoms with Crippen LogP contribution in [-0.2, 0) is 11.8 Å². The average molecular weight is 182 g/mol. The number of aryl methyl sites for hydroxylation is 1. The van der Waals surface area contributed by atoms with Gasteiger partial charge in [0.1, 0.15) is 6.54 Å². The number of carbonyl (C=O) groups is 2. The van der Waals surface area contributed by atoms with E-state index in [1.54, 1.807) is 30.1 Å². The molecule has 5 nitrogen and oxygen atoms in total. The van der Waals surface area contributed by atoms with Gasteiger partial charge in [0.15, 0.2) is 0 Å². The second kappa shape index (κ2) is 3.75. The molecule has 0 bridgehead atoms. The Kier molecular flexibility index (Phi) is 2.69. The summed E-state index contributed by atoms with van der Waals surface area (Å²) in [6.07, 6.45) is 3.34. The molecule has 0 atom stereocenters. The van der Waals surface area contributed by atoms with E-state index in [9.17, 15) is 9.59 Å². The van der Waals surface area contributed by atoms with E-state index in [0.29, 0.717) is 5.56 Å². The molecule has 0 aromatic carbocycles. The zero-order valence-corrected chi connectivity index (χ0v) is 7.15. The standard InChI is InChI=1S/C8H10N2O3/c1-10-3-2-6(5-10)8(13)9-4-7(11)12/h2-3,5H,4H2,1H3,(H,9,13)(H,11,12). The Bertz CT molecular complexity index is 330. The quantitative estimate of drug-likeness (QED) is 0.682. The van der Waals surface area contributed by atoms with Crippen LogP contribution >= 0.6 is 0 Å². The topological polar surface area (TPSA) is 71.3 Å². The Morgan fingerprint density at radius 1 is 1.62 bits per heavy atom. The highest BCUT2D eigenvalue weighted by Gasteiger charge is 2.07. The molecule has 0 saturated heterocycles. The Balaban J connectivity index is 2.54. The van der Waals surface area contributed by atoms with Crippen molar-refractivity contribution in [2.24, 2.45) is 7.05 Å². The van der Waals surface area contributed by atoms with Crippen molar-refractivity contribution in [3.8, 4) is 0 Å². The number of hydrogen-bond donors (Lipinski definition) is 2. The molecular formula is C8H10N2O3. The maximum atomic E-state index is 11.2. The summed E-state index contributed by atoms with van der Waals surface area (Å²) in [5.41, 5.74) is 0.462. The number of aromatic nitrogens is 1. The minimum atomic E-state index is -1.05. The lowest BCUT2D eigenvalue weighted by atomic mass is 10.3. The number of nitrogens with zero attached hydrogens (tertiary/aromatic N) is 1. The van der Waals surface area contributed by atoms with Crippen LogP contribution in [0.3, 0.4) is 0 Å². The zero-order chi connectivity index (χ0) is 9.84. The molecule has 13 heavy (non-hydrogen) atoms. The van der Waals surface area contributed by atoms with Crippen molar-refractivity contribution < 1.29 is 14.7 Å². The SMILES string of the molecule is Cn1ccc(C(=O)NCC(=O)O)c1. The van der Waals surface area contributed by atoms with Crippen molar-refractivity contribution in [2.45, 2.75) is 0 Å². The van der Waals surface area contributed by atoms with Crippen LogP contribution in [0.5, 0.6) is 0 Å². The highest BCUT2D eigenvalue weighted by molar-refractivity contribution is 5.95. The molecule has 5 heteroatoms. The van der Waals surface area contributed by atoms with Crippen molar-refractivity contribution in [1.29, 1.82) is 0 Å². The Labute approximate surface area is 75.0 Å². The molecule has 1 rings (SSSR count). The first-order chi connectivity index (χ1) is 6.09. The summed E-state index contributed by atoms with van der Waals surface area (Å²) in [6.45, 7) is -0.353. The fourth-order valence-electron chi connectivity index (χ4n) is 0.896. The molecule has 0 unspecified atom stereocenters. The molecule has 2 N–H and O–H groups in total. The van der Waals surface area contributed by atoms with Gasteiger partial charge in [0.2, 0.25) is 0 Å². The molecule has 70 valence electrons. The maximum Gasteiger partial charge on any atom is 0.322 e. The third-order valence-electron chi connectivity index (χ3n) is 1.49. The summed E-state index contributed by atoms with van der Waals surface area (Å²) in [5, 5.41) is 10.6. The smallest absolute Gasteiger partial charge is 0.322 e. The highest BCUT2D eigenvalue weighted by Crippen LogP contribution is 1.98. The van der Waals surface area contributed by atoms with E-state index in [0.717, 1.165) is 0 Å². The summed E-state index contributed by atoms with van der Waals surface area (Å²) < 4.78 is 1.72. The number of carboxylic acid groups (broad SMARTS) is 1. The third kappa shape index (κ3) is 2.62. The predicted molar refractivity (Wildman–Crippen MR) is 45.4 cm³/mol. The number of amides is 1. The van der Waals surface area contributed by atoms with Crippen LogP contribution in [0.25, 0.3) is 0 Å². The molecular weight excluding hydrogens is 172 g/mol. The lowest BCUT2D eigenvalue weighted by Crippen LogP contribution is -2.28. The van der Waals surface area contributed by atoms with Gasteiger partial charge in [0, 0.05) is 19.4 Å². The summed E-state index contributed by atoms with van der Waals surface area (Å²) >= 11 is 0. The fraction of sp³-hybridized carbons (Fsp3) is 0.250. The molecule has 1 aromatic rings. The van der Waals surface area contributed by atoms with Crippen LogP contribution in [-0.4, -0.2) is 28.1 Å². The molecule has 0 spiro atoms. The van der Waals surface area contributed by atoms with Gasteiger partial charge in [-0.15, -0.1) is 0 Å². The predicted octanol–water partition coefficient (Wildman–Crippen LogP) is -0.161. The van der Waals surface area contributed by atoms with Crippen LogP contribution in [0.15, 0.2) is 18.5 Å². The molecule has 1 heterocycles. The van der Waals surface area contributed by atoms with Gasteiger partial charge in [-0.2, -0.15) is 0 Å². The van der Waals surface area contributed by atoms with E-state index >= 15 is 0 Å². The normalized spacial score (nSPS) is 9.62. The van der Waals surface area contributed by atoms with E-state index < -0.39 is 5.97 Å². The molecule has 1 aromatic heterocycles. The number of carboxylic acids is 1. The lowest BCUT2D eigenvalue weighted by molar-refractivity contribution is -0.135. The minimum absolute atomic E-state index is 0.353. The maximum absolute atomic E-state index is 11.2. The number of nitrogens with one attached hydrogen (secondary N) is 1. The van der Waals surface area contributed by atoms with Gasteiger partial charge in [-0.1, -0.05) is 0 Å². The van der Waals surface area contributed by atoms with Crippen molar-refractivity contribution in [3.63, 3.8) is 0 Å². The van der Waals surface area contributed by atoms with Crippen LogP contribution in [0, 0.1) is 0 Å². The van der Waals surface area contributed by atoms with Crippen LogP contribution in [0.2, 0.25) is 0 Å². The molecule has 1 amide bonds. The minimum Gasteiger partial charge on any atom is -0.480 e. The van der Waals surface area contributed by atoms with Gasteiger partial charge in [0.05, 0.1) is 5.56 Å². The number of hydrogen-bond acceptors (Lipinski definition) is 2. The van der Waals surface area contributed by atoms with E-state index in [1.807, 2.05) is 0 Å². The molecule has 0 aliphatic rings. The first kappa shape index (κ1) is 9.31. The zero-order valence-electron chi connectivity index (χ0n) is 7.15. The number of carbonyl (C=O) groups excluding carboxylic acids is 1. The molecule has 0 fully saturated rings. The van der Waals surface area contributed by atoms with Crippen molar-refractivity contribution in [1.82, 2.24) is 9.88 Å². The second-order valence-electron chi connectivity index (χ2n) is 2.64. The van der Waals surface area contributed by atoms with Crippen molar-refractivity contribution >= 4 is 11.9 Å². The second-order valence-corrected chi connectivity index (χ2v) is 2.64. The van der Waals surface area contributed by atoms with Crippen LogP contribution < -0.4 is 5.32 Å². The first-order valence-electron chi connectivity index (χ1n) is 3.71. The Morgan fingerprint density at radius 2 is 2.31 bits per heavy atom. The van der Waals surface area contributed by atoms with Crippen molar-refractivity contribution in [3.05, 3.63) is 24.0 Å². The summed E-state index contributed by atoms with van der Waals surface area (Å²) in [4.78, 5) is 21.3. The van der Waals surface area contributed by atoms with Gasteiger partial charge in [-0.25, -0.2) is 0 Å². The van der Waals surface area contributed by atoms with Gasteiger partial charge in [0.25, 0.3) is 5.91 Å². The Hall–Kier alpha value is -1.78. The van der Waals surface area contributed by atoms with E-state index in [2.05, 4.69) is 5.32 Å². The lowest BCUT2D eigenvalue weighted by Gasteiger charge is -1.98. The molecule has 0 aliphatic carbocycles. The molecule has 0 aliphatic heterocycles. The summed E-state index contributed by atoms with van der Waals surface area (Å²) in [5.74, 6) is -1.42. The van der Waals surface area contributed by atoms with Crippen LogP contribution in [0.4, 0.5) is 0 Å². The molecule has 0 saturated carbocycles. The van der Waals surface area contributed by atoms with E-state index in [4.69, 9.17) is 5.11 Å². The van der Waals surface area contributed by atoms with Crippen molar-refractivity contribution in [2.75, 3.05) is 6.54 Å². The third-order valence-corrected chi connectivity index (χ3v) is 1.49. The highest BCUT2D eigenvalue weighted by atomic mass is 16.4. The van der Waals surface area contributed by atoms with Gasteiger partial charge >= 0.3 is 5.97 Å². The first-order valence-corrected chi connectivity index (χ1v) is 3.71. The molecule has 0 radical (unpaired) electrons. The number of rotatable bonds is 3. The van der Waals surface area contributed by atoms with Gasteiger partial charge in [-0.05, 0) is 6.07 Å². The monoisotopic (exact) mass is 182 g/mol. The summed E-state index contributed by atoms with van der Waals surface area (Å²) in [7, 11) is 1.79. The average Bonchev–Trinajstić information content (AvgIpc) is 2.47.